The Morgan fingerprint density at radius 3 is 2.93 bits per heavy atom. The fraction of sp³-hybridized carbons (Fsp3) is 0.421. The van der Waals surface area contributed by atoms with Gasteiger partial charge >= 0.3 is 0 Å². The molecule has 4 rings (SSSR count). The fourth-order valence-electron chi connectivity index (χ4n) is 3.22. The van der Waals surface area contributed by atoms with Gasteiger partial charge in [-0.3, -0.25) is 14.5 Å². The number of nitrogens with one attached hydrogen (secondary N) is 1. The van der Waals surface area contributed by atoms with Crippen molar-refractivity contribution in [1.29, 1.82) is 0 Å². The minimum absolute atomic E-state index is 0.104. The topological polar surface area (TPSA) is 80.8 Å². The number of ether oxygens (including phenoxy) is 2. The number of hydrogen-bond acceptors (Lipinski definition) is 6. The van der Waals surface area contributed by atoms with Crippen molar-refractivity contribution in [2.45, 2.75) is 32.2 Å². The highest BCUT2D eigenvalue weighted by Crippen LogP contribution is 2.32. The Bertz CT molecular complexity index is 866. The van der Waals surface area contributed by atoms with E-state index in [1.165, 1.54) is 11.3 Å². The SMILES string of the molecule is CC(NC(=O)Cc1csc(N2CCCC2=O)n1)c1ccc2c(c1)OCCO2. The molecule has 0 spiro atoms. The van der Waals surface area contributed by atoms with Crippen LogP contribution in [0.4, 0.5) is 5.13 Å². The van der Waals surface area contributed by atoms with E-state index in [1.54, 1.807) is 4.90 Å². The van der Waals surface area contributed by atoms with E-state index in [0.29, 0.717) is 42.8 Å². The number of hydrogen-bond donors (Lipinski definition) is 1. The van der Waals surface area contributed by atoms with Gasteiger partial charge in [-0.05, 0) is 31.0 Å². The molecular formula is C19H21N3O4S. The van der Waals surface area contributed by atoms with Crippen LogP contribution < -0.4 is 19.7 Å². The van der Waals surface area contributed by atoms with Crippen LogP contribution in [0, 0.1) is 0 Å². The lowest BCUT2D eigenvalue weighted by Gasteiger charge is -2.21. The number of amides is 2. The summed E-state index contributed by atoms with van der Waals surface area (Å²) in [5, 5.41) is 5.51. The Kier molecular flexibility index (Phi) is 4.98. The zero-order valence-electron chi connectivity index (χ0n) is 15.1. The molecule has 1 aromatic heterocycles. The monoisotopic (exact) mass is 387 g/mol. The standard InChI is InChI=1S/C19H21N3O4S/c1-12(13-4-5-15-16(9-13)26-8-7-25-15)20-17(23)10-14-11-27-19(21-14)22-6-2-3-18(22)24/h4-5,9,11-12H,2-3,6-8,10H2,1H3,(H,20,23). The van der Waals surface area contributed by atoms with E-state index < -0.39 is 0 Å². The lowest BCUT2D eigenvalue weighted by atomic mass is 10.1. The Labute approximate surface area is 161 Å². The Balaban J connectivity index is 1.36. The Hall–Kier alpha value is -2.61. The molecule has 0 radical (unpaired) electrons. The van der Waals surface area contributed by atoms with Gasteiger partial charge in [-0.15, -0.1) is 11.3 Å². The molecule has 2 amide bonds. The molecule has 1 unspecified atom stereocenters. The Morgan fingerprint density at radius 2 is 2.15 bits per heavy atom. The molecule has 1 saturated heterocycles. The second-order valence-electron chi connectivity index (χ2n) is 6.64. The first-order valence-corrected chi connectivity index (χ1v) is 9.92. The van der Waals surface area contributed by atoms with E-state index in [9.17, 15) is 9.59 Å². The first-order valence-electron chi connectivity index (χ1n) is 9.04. The van der Waals surface area contributed by atoms with Crippen LogP contribution in [0.2, 0.25) is 0 Å². The van der Waals surface area contributed by atoms with Crippen molar-refractivity contribution in [2.24, 2.45) is 0 Å². The molecule has 1 N–H and O–H groups in total. The number of carbonyl (C=O) groups excluding carboxylic acids is 2. The largest absolute Gasteiger partial charge is 0.486 e. The molecule has 1 atom stereocenters. The van der Waals surface area contributed by atoms with Crippen LogP contribution in [-0.2, 0) is 16.0 Å². The van der Waals surface area contributed by atoms with Gasteiger partial charge in [-0.1, -0.05) is 6.07 Å². The van der Waals surface area contributed by atoms with E-state index in [2.05, 4.69) is 10.3 Å². The van der Waals surface area contributed by atoms with Gasteiger partial charge in [0.05, 0.1) is 18.2 Å². The summed E-state index contributed by atoms with van der Waals surface area (Å²) in [6, 6.07) is 5.54. The third-order valence-corrected chi connectivity index (χ3v) is 5.54. The van der Waals surface area contributed by atoms with Crippen molar-refractivity contribution >= 4 is 28.3 Å². The number of rotatable bonds is 5. The molecular weight excluding hydrogens is 366 g/mol. The molecule has 7 nitrogen and oxygen atoms in total. The molecule has 142 valence electrons. The smallest absolute Gasteiger partial charge is 0.228 e. The molecule has 1 fully saturated rings. The maximum atomic E-state index is 12.4. The number of anilines is 1. The quantitative estimate of drug-likeness (QED) is 0.852. The molecule has 8 heteroatoms. The molecule has 3 heterocycles. The van der Waals surface area contributed by atoms with E-state index in [4.69, 9.17) is 9.47 Å². The maximum Gasteiger partial charge on any atom is 0.228 e. The second kappa shape index (κ2) is 7.56. The van der Waals surface area contributed by atoms with Crippen LogP contribution in [0.1, 0.15) is 37.1 Å². The molecule has 0 bridgehead atoms. The second-order valence-corrected chi connectivity index (χ2v) is 7.48. The molecule has 2 aliphatic rings. The van der Waals surface area contributed by atoms with Gasteiger partial charge < -0.3 is 14.8 Å². The van der Waals surface area contributed by atoms with Crippen molar-refractivity contribution in [2.75, 3.05) is 24.7 Å². The zero-order valence-corrected chi connectivity index (χ0v) is 15.9. The summed E-state index contributed by atoms with van der Waals surface area (Å²) in [6.45, 7) is 3.72. The van der Waals surface area contributed by atoms with E-state index >= 15 is 0 Å². The van der Waals surface area contributed by atoms with Gasteiger partial charge in [0.2, 0.25) is 11.8 Å². The summed E-state index contributed by atoms with van der Waals surface area (Å²) in [5.41, 5.74) is 1.64. The lowest BCUT2D eigenvalue weighted by Crippen LogP contribution is -2.28. The van der Waals surface area contributed by atoms with Gasteiger partial charge in [-0.2, -0.15) is 0 Å². The highest BCUT2D eigenvalue weighted by molar-refractivity contribution is 7.14. The number of thiazole rings is 1. The maximum absolute atomic E-state index is 12.4. The predicted molar refractivity (Wildman–Crippen MR) is 101 cm³/mol. The van der Waals surface area contributed by atoms with Crippen molar-refractivity contribution in [3.63, 3.8) is 0 Å². The third kappa shape index (κ3) is 3.90. The average molecular weight is 387 g/mol. The number of fused-ring (bicyclic) bond motifs is 1. The van der Waals surface area contributed by atoms with E-state index in [1.807, 2.05) is 30.5 Å². The van der Waals surface area contributed by atoms with Crippen LogP contribution >= 0.6 is 11.3 Å². The van der Waals surface area contributed by atoms with Gasteiger partial charge in [0, 0.05) is 18.3 Å². The summed E-state index contributed by atoms with van der Waals surface area (Å²) in [5.74, 6) is 1.43. The summed E-state index contributed by atoms with van der Waals surface area (Å²) < 4.78 is 11.1. The van der Waals surface area contributed by atoms with Crippen molar-refractivity contribution < 1.29 is 19.1 Å². The molecule has 1 aromatic carbocycles. The number of benzene rings is 1. The highest BCUT2D eigenvalue weighted by atomic mass is 32.1. The summed E-state index contributed by atoms with van der Waals surface area (Å²) in [7, 11) is 0. The normalized spacial score (nSPS) is 17.1. The zero-order chi connectivity index (χ0) is 18.8. The number of nitrogens with zero attached hydrogens (tertiary/aromatic N) is 2. The minimum atomic E-state index is -0.161. The minimum Gasteiger partial charge on any atom is -0.486 e. The van der Waals surface area contributed by atoms with Crippen LogP contribution in [0.25, 0.3) is 0 Å². The van der Waals surface area contributed by atoms with Gasteiger partial charge in [0.1, 0.15) is 13.2 Å². The predicted octanol–water partition coefficient (Wildman–Crippen LogP) is 2.46. The van der Waals surface area contributed by atoms with Crippen LogP contribution in [-0.4, -0.2) is 36.6 Å². The van der Waals surface area contributed by atoms with Crippen molar-refractivity contribution in [3.8, 4) is 11.5 Å². The van der Waals surface area contributed by atoms with Crippen LogP contribution in [0.15, 0.2) is 23.6 Å². The molecule has 2 aromatic rings. The van der Waals surface area contributed by atoms with Gasteiger partial charge in [0.25, 0.3) is 0 Å². The highest BCUT2D eigenvalue weighted by Gasteiger charge is 2.24. The third-order valence-electron chi connectivity index (χ3n) is 4.63. The average Bonchev–Trinajstić information content (AvgIpc) is 3.29. The summed E-state index contributed by atoms with van der Waals surface area (Å²) in [4.78, 5) is 30.3. The molecule has 0 aliphatic carbocycles. The van der Waals surface area contributed by atoms with Crippen molar-refractivity contribution in [3.05, 3.63) is 34.8 Å². The molecule has 0 saturated carbocycles. The first kappa shape index (κ1) is 17.8. The molecule has 27 heavy (non-hydrogen) atoms. The van der Waals surface area contributed by atoms with Crippen molar-refractivity contribution in [1.82, 2.24) is 10.3 Å². The van der Waals surface area contributed by atoms with Crippen LogP contribution in [0.3, 0.4) is 0 Å². The lowest BCUT2D eigenvalue weighted by molar-refractivity contribution is -0.121. The van der Waals surface area contributed by atoms with E-state index in [0.717, 1.165) is 17.7 Å². The molecule has 2 aliphatic heterocycles. The van der Waals surface area contributed by atoms with Crippen LogP contribution in [0.5, 0.6) is 11.5 Å². The summed E-state index contributed by atoms with van der Waals surface area (Å²) in [6.07, 6.45) is 1.62. The summed E-state index contributed by atoms with van der Waals surface area (Å²) >= 11 is 1.41. The van der Waals surface area contributed by atoms with Gasteiger partial charge in [0.15, 0.2) is 16.6 Å². The Morgan fingerprint density at radius 1 is 1.33 bits per heavy atom. The van der Waals surface area contributed by atoms with Gasteiger partial charge in [-0.25, -0.2) is 4.98 Å². The number of carbonyl (C=O) groups is 2. The fourth-order valence-corrected chi connectivity index (χ4v) is 4.09. The number of aromatic nitrogens is 1. The van der Waals surface area contributed by atoms with E-state index in [-0.39, 0.29) is 24.3 Å². The first-order chi connectivity index (χ1) is 13.1.